The van der Waals surface area contributed by atoms with Crippen LogP contribution in [-0.4, -0.2) is 32.5 Å². The molecule has 0 amide bonds. The van der Waals surface area contributed by atoms with Crippen molar-refractivity contribution in [3.8, 4) is 0 Å². The lowest BCUT2D eigenvalue weighted by Crippen LogP contribution is -2.34. The average Bonchev–Trinajstić information content (AvgIpc) is 2.14. The molecule has 1 N–H and O–H groups in total. The van der Waals surface area contributed by atoms with Gasteiger partial charge in [0.2, 0.25) is 0 Å². The minimum absolute atomic E-state index is 0.273. The smallest absolute Gasteiger partial charge is 0.154 e. The van der Waals surface area contributed by atoms with E-state index in [4.69, 9.17) is 0 Å². The first kappa shape index (κ1) is 15.9. The van der Waals surface area contributed by atoms with Crippen LogP contribution in [0.25, 0.3) is 0 Å². The Labute approximate surface area is 101 Å². The summed E-state index contributed by atoms with van der Waals surface area (Å²) in [5, 5.41) is 2.93. The quantitative estimate of drug-likeness (QED) is 0.716. The van der Waals surface area contributed by atoms with E-state index >= 15 is 0 Å². The second-order valence-corrected chi connectivity index (χ2v) is 7.95. The minimum Gasteiger partial charge on any atom is -0.315 e. The predicted octanol–water partition coefficient (Wildman–Crippen LogP) is 2.08. The van der Waals surface area contributed by atoms with Crippen molar-refractivity contribution in [3.63, 3.8) is 0 Å². The Morgan fingerprint density at radius 1 is 0.938 bits per heavy atom. The lowest BCUT2D eigenvalue weighted by atomic mass is 10.2. The van der Waals surface area contributed by atoms with E-state index in [2.05, 4.69) is 33.0 Å². The summed E-state index contributed by atoms with van der Waals surface area (Å²) in [6, 6.07) is 0. The van der Waals surface area contributed by atoms with E-state index in [-0.39, 0.29) is 5.25 Å². The molecule has 0 aliphatic heterocycles. The van der Waals surface area contributed by atoms with Crippen LogP contribution in [0.1, 0.15) is 41.0 Å². The Bertz CT molecular complexity index is 271. The Kier molecular flexibility index (Phi) is 7.24. The molecular weight excluding hydrogens is 222 g/mol. The van der Waals surface area contributed by atoms with Gasteiger partial charge in [0.05, 0.1) is 11.0 Å². The summed E-state index contributed by atoms with van der Waals surface area (Å²) in [7, 11) is -2.92. The minimum atomic E-state index is -2.92. The van der Waals surface area contributed by atoms with Crippen LogP contribution in [0.3, 0.4) is 0 Å². The Morgan fingerprint density at radius 3 is 1.94 bits per heavy atom. The summed E-state index contributed by atoms with van der Waals surface area (Å²) in [4.78, 5) is 0. The van der Waals surface area contributed by atoms with E-state index < -0.39 is 9.84 Å². The van der Waals surface area contributed by atoms with Crippen molar-refractivity contribution in [1.82, 2.24) is 5.32 Å². The van der Waals surface area contributed by atoms with Crippen LogP contribution in [0.15, 0.2) is 0 Å². The first-order valence-corrected chi connectivity index (χ1v) is 7.89. The fraction of sp³-hybridized carbons (Fsp3) is 1.00. The second kappa shape index (κ2) is 7.28. The molecule has 1 atom stereocenters. The molecule has 16 heavy (non-hydrogen) atoms. The molecule has 0 radical (unpaired) electrons. The van der Waals surface area contributed by atoms with Gasteiger partial charge in [0.25, 0.3) is 0 Å². The monoisotopic (exact) mass is 249 g/mol. The normalized spacial score (nSPS) is 14.7. The molecule has 0 bridgehead atoms. The van der Waals surface area contributed by atoms with Gasteiger partial charge in [-0.25, -0.2) is 8.42 Å². The van der Waals surface area contributed by atoms with Gasteiger partial charge in [-0.05, 0) is 31.7 Å². The molecule has 0 saturated heterocycles. The number of nitrogens with one attached hydrogen (secondary N) is 1. The van der Waals surface area contributed by atoms with Gasteiger partial charge in [0, 0.05) is 6.54 Å². The molecule has 4 heteroatoms. The predicted molar refractivity (Wildman–Crippen MR) is 70.4 cm³/mol. The van der Waals surface area contributed by atoms with Gasteiger partial charge in [-0.15, -0.1) is 0 Å². The van der Waals surface area contributed by atoms with Crippen molar-refractivity contribution in [2.45, 2.75) is 46.3 Å². The van der Waals surface area contributed by atoms with Gasteiger partial charge in [-0.1, -0.05) is 27.7 Å². The Hall–Kier alpha value is -0.0900. The van der Waals surface area contributed by atoms with Gasteiger partial charge < -0.3 is 5.32 Å². The van der Waals surface area contributed by atoms with E-state index in [0.29, 0.717) is 24.1 Å². The molecule has 0 aliphatic carbocycles. The molecule has 1 unspecified atom stereocenters. The van der Waals surface area contributed by atoms with Gasteiger partial charge in [0.15, 0.2) is 9.84 Å². The molecule has 3 nitrogen and oxygen atoms in total. The van der Waals surface area contributed by atoms with Crippen molar-refractivity contribution >= 4 is 9.84 Å². The summed E-state index contributed by atoms with van der Waals surface area (Å²) in [6.45, 7) is 11.6. The lowest BCUT2D eigenvalue weighted by Gasteiger charge is -2.15. The van der Waals surface area contributed by atoms with Crippen LogP contribution in [0.4, 0.5) is 0 Å². The average molecular weight is 249 g/mol. The zero-order chi connectivity index (χ0) is 12.8. The summed E-state index contributed by atoms with van der Waals surface area (Å²) in [6.07, 6.45) is 0.761. The lowest BCUT2D eigenvalue weighted by molar-refractivity contribution is 0.530. The van der Waals surface area contributed by atoms with Gasteiger partial charge in [-0.3, -0.25) is 0 Å². The zero-order valence-electron chi connectivity index (χ0n) is 11.3. The Balaban J connectivity index is 4.00. The SMILES string of the molecule is CC(C)CCS(=O)(=O)C(C)CNCC(C)C. The van der Waals surface area contributed by atoms with Crippen LogP contribution in [0.5, 0.6) is 0 Å². The molecule has 0 aromatic carbocycles. The zero-order valence-corrected chi connectivity index (χ0v) is 12.1. The maximum absolute atomic E-state index is 11.9. The first-order chi connectivity index (χ1) is 7.25. The largest absolute Gasteiger partial charge is 0.315 e. The van der Waals surface area contributed by atoms with Crippen molar-refractivity contribution in [3.05, 3.63) is 0 Å². The van der Waals surface area contributed by atoms with Crippen LogP contribution >= 0.6 is 0 Å². The van der Waals surface area contributed by atoms with Gasteiger partial charge >= 0.3 is 0 Å². The number of sulfone groups is 1. The van der Waals surface area contributed by atoms with E-state index in [0.717, 1.165) is 13.0 Å². The molecule has 0 rings (SSSR count). The summed E-state index contributed by atoms with van der Waals surface area (Å²) in [5.74, 6) is 1.33. The van der Waals surface area contributed by atoms with Crippen molar-refractivity contribution in [2.24, 2.45) is 11.8 Å². The summed E-state index contributed by atoms with van der Waals surface area (Å²) < 4.78 is 23.7. The van der Waals surface area contributed by atoms with Crippen LogP contribution in [-0.2, 0) is 9.84 Å². The van der Waals surface area contributed by atoms with E-state index in [9.17, 15) is 8.42 Å². The fourth-order valence-electron chi connectivity index (χ4n) is 1.30. The maximum atomic E-state index is 11.9. The molecule has 0 aromatic heterocycles. The summed E-state index contributed by atoms with van der Waals surface area (Å²) in [5.41, 5.74) is 0. The molecular formula is C12H27NO2S. The van der Waals surface area contributed by atoms with E-state index in [1.54, 1.807) is 6.92 Å². The number of hydrogen-bond donors (Lipinski definition) is 1. The van der Waals surface area contributed by atoms with Crippen molar-refractivity contribution < 1.29 is 8.42 Å². The highest BCUT2D eigenvalue weighted by Gasteiger charge is 2.20. The fourth-order valence-corrected chi connectivity index (χ4v) is 2.88. The number of hydrogen-bond acceptors (Lipinski definition) is 3. The van der Waals surface area contributed by atoms with Crippen molar-refractivity contribution in [1.29, 1.82) is 0 Å². The Morgan fingerprint density at radius 2 is 1.50 bits per heavy atom. The summed E-state index contributed by atoms with van der Waals surface area (Å²) >= 11 is 0. The third-order valence-corrected chi connectivity index (χ3v) is 4.77. The third-order valence-electron chi connectivity index (χ3n) is 2.58. The number of rotatable bonds is 8. The van der Waals surface area contributed by atoms with Crippen LogP contribution in [0, 0.1) is 11.8 Å². The van der Waals surface area contributed by atoms with Gasteiger partial charge in [0.1, 0.15) is 0 Å². The molecule has 0 aromatic rings. The highest BCUT2D eigenvalue weighted by molar-refractivity contribution is 7.92. The highest BCUT2D eigenvalue weighted by Crippen LogP contribution is 2.08. The van der Waals surface area contributed by atoms with Crippen molar-refractivity contribution in [2.75, 3.05) is 18.8 Å². The van der Waals surface area contributed by atoms with Gasteiger partial charge in [-0.2, -0.15) is 0 Å². The van der Waals surface area contributed by atoms with Crippen LogP contribution in [0.2, 0.25) is 0 Å². The molecule has 98 valence electrons. The van der Waals surface area contributed by atoms with E-state index in [1.165, 1.54) is 0 Å². The molecule has 0 heterocycles. The molecule has 0 spiro atoms. The first-order valence-electron chi connectivity index (χ1n) is 6.18. The topological polar surface area (TPSA) is 46.2 Å². The molecule has 0 aliphatic rings. The maximum Gasteiger partial charge on any atom is 0.154 e. The standard InChI is InChI=1S/C12H27NO2S/c1-10(2)6-7-16(14,15)12(5)9-13-8-11(3)4/h10-13H,6-9H2,1-5H3. The molecule has 0 saturated carbocycles. The van der Waals surface area contributed by atoms with Crippen LogP contribution < -0.4 is 5.32 Å². The highest BCUT2D eigenvalue weighted by atomic mass is 32.2. The molecule has 0 fully saturated rings. The van der Waals surface area contributed by atoms with E-state index in [1.807, 2.05) is 0 Å². The third kappa shape index (κ3) is 7.23. The second-order valence-electron chi connectivity index (χ2n) is 5.41.